The van der Waals surface area contributed by atoms with E-state index in [2.05, 4.69) is 0 Å². The molecule has 2 aliphatic rings. The number of halogens is 2. The average molecular weight is 608 g/mol. The first-order valence-corrected chi connectivity index (χ1v) is 14.3. The maximum absolute atomic E-state index is 14.2. The Morgan fingerprint density at radius 1 is 1.05 bits per heavy atom. The predicted molar refractivity (Wildman–Crippen MR) is 156 cm³/mol. The Kier molecular flexibility index (Phi) is 9.41. The van der Waals surface area contributed by atoms with E-state index in [0.717, 1.165) is 0 Å². The summed E-state index contributed by atoms with van der Waals surface area (Å²) in [6.07, 6.45) is -1.47. The third kappa shape index (κ3) is 6.74. The lowest BCUT2D eigenvalue weighted by molar-refractivity contribution is -0.148. The maximum Gasteiger partial charge on any atom is 0.306 e. The van der Waals surface area contributed by atoms with Crippen LogP contribution in [0.3, 0.4) is 0 Å². The lowest BCUT2D eigenvalue weighted by atomic mass is 9.94. The SMILES string of the molecule is COc1ccc([C@@H]2O[C@@H](CC(=O)N3CCC(C(=O)O)CC3)C(=O)N(CC(C)(C)C)c3ccc(Cl)cc32)c(Cl)c1OC. The largest absolute Gasteiger partial charge is 0.493 e. The van der Waals surface area contributed by atoms with Crippen molar-refractivity contribution in [3.05, 3.63) is 51.5 Å². The number of carboxylic acid groups (broad SMARTS) is 1. The van der Waals surface area contributed by atoms with Crippen LogP contribution in [0.4, 0.5) is 5.69 Å². The highest BCUT2D eigenvalue weighted by Gasteiger charge is 2.41. The number of rotatable bonds is 7. The van der Waals surface area contributed by atoms with Gasteiger partial charge in [0.15, 0.2) is 11.5 Å². The van der Waals surface area contributed by atoms with Crippen molar-refractivity contribution < 1.29 is 33.7 Å². The first-order valence-electron chi connectivity index (χ1n) is 13.5. The van der Waals surface area contributed by atoms with Crippen molar-refractivity contribution in [3.63, 3.8) is 0 Å². The summed E-state index contributed by atoms with van der Waals surface area (Å²) in [5.41, 5.74) is 1.49. The second kappa shape index (κ2) is 12.5. The van der Waals surface area contributed by atoms with Gasteiger partial charge in [-0.3, -0.25) is 14.4 Å². The average Bonchev–Trinajstić information content (AvgIpc) is 3.02. The topological polar surface area (TPSA) is 106 Å². The van der Waals surface area contributed by atoms with Crippen LogP contribution in [-0.2, 0) is 19.1 Å². The number of amides is 2. The molecular formula is C30H36Cl2N2O7. The van der Waals surface area contributed by atoms with Gasteiger partial charge in [-0.25, -0.2) is 0 Å². The number of nitrogens with zero attached hydrogens (tertiary/aromatic N) is 2. The molecule has 2 aromatic carbocycles. The zero-order chi connectivity index (χ0) is 30.1. The van der Waals surface area contributed by atoms with Crippen LogP contribution in [0.5, 0.6) is 11.5 Å². The molecule has 2 amide bonds. The molecule has 2 aromatic rings. The Balaban J connectivity index is 1.78. The number of piperidine rings is 1. The summed E-state index contributed by atoms with van der Waals surface area (Å²) in [6.45, 7) is 7.06. The lowest BCUT2D eigenvalue weighted by Crippen LogP contribution is -2.47. The minimum Gasteiger partial charge on any atom is -0.493 e. The Morgan fingerprint density at radius 2 is 1.73 bits per heavy atom. The first kappa shape index (κ1) is 30.9. The van der Waals surface area contributed by atoms with Gasteiger partial charge in [0.25, 0.3) is 5.91 Å². The standard InChI is InChI=1S/C30H36Cl2N2O7/c1-30(2,3)16-34-21-8-6-18(31)14-20(21)26(19-7-9-22(39-4)27(40-5)25(19)32)41-23(28(34)36)15-24(35)33-12-10-17(11-13-33)29(37)38/h6-9,14,17,23,26H,10-13,15-16H2,1-5H3,(H,37,38)/t23-,26-/m0/s1. The van der Waals surface area contributed by atoms with E-state index in [1.165, 1.54) is 14.2 Å². The number of carbonyl (C=O) groups excluding carboxylic acids is 2. The first-order chi connectivity index (χ1) is 19.3. The van der Waals surface area contributed by atoms with Crippen LogP contribution in [0, 0.1) is 11.3 Å². The van der Waals surface area contributed by atoms with E-state index < -0.39 is 24.1 Å². The number of carboxylic acids is 1. The third-order valence-corrected chi connectivity index (χ3v) is 8.02. The van der Waals surface area contributed by atoms with Crippen LogP contribution < -0.4 is 14.4 Å². The van der Waals surface area contributed by atoms with E-state index in [0.29, 0.717) is 65.8 Å². The molecule has 0 aromatic heterocycles. The second-order valence-electron chi connectivity index (χ2n) is 11.6. The summed E-state index contributed by atoms with van der Waals surface area (Å²) in [5.74, 6) is -1.21. The zero-order valence-corrected chi connectivity index (χ0v) is 25.4. The summed E-state index contributed by atoms with van der Waals surface area (Å²) in [7, 11) is 2.99. The van der Waals surface area contributed by atoms with Gasteiger partial charge in [0.2, 0.25) is 5.91 Å². The van der Waals surface area contributed by atoms with Gasteiger partial charge in [0, 0.05) is 41.5 Å². The van der Waals surface area contributed by atoms with Gasteiger partial charge in [0.05, 0.1) is 31.6 Å². The number of hydrogen-bond donors (Lipinski definition) is 1. The Labute approximate surface area is 250 Å². The van der Waals surface area contributed by atoms with E-state index in [1.807, 2.05) is 20.8 Å². The van der Waals surface area contributed by atoms with Crippen molar-refractivity contribution in [3.8, 4) is 11.5 Å². The molecule has 0 bridgehead atoms. The molecule has 2 aliphatic heterocycles. The number of hydrogen-bond acceptors (Lipinski definition) is 6. The Hall–Kier alpha value is -3.01. The molecule has 1 fully saturated rings. The maximum atomic E-state index is 14.2. The van der Waals surface area contributed by atoms with E-state index in [1.54, 1.807) is 40.1 Å². The van der Waals surface area contributed by atoms with Crippen LogP contribution in [-0.4, -0.2) is 67.7 Å². The van der Waals surface area contributed by atoms with Crippen molar-refractivity contribution in [2.45, 2.75) is 52.2 Å². The minimum atomic E-state index is -1.14. The minimum absolute atomic E-state index is 0.208. The summed E-state index contributed by atoms with van der Waals surface area (Å²) in [6, 6.07) is 8.71. The van der Waals surface area contributed by atoms with E-state index in [-0.39, 0.29) is 28.7 Å². The molecule has 1 saturated heterocycles. The second-order valence-corrected chi connectivity index (χ2v) is 12.4. The fraction of sp³-hybridized carbons (Fsp3) is 0.500. The fourth-order valence-corrected chi connectivity index (χ4v) is 5.87. The van der Waals surface area contributed by atoms with E-state index in [9.17, 15) is 19.5 Å². The molecule has 41 heavy (non-hydrogen) atoms. The summed E-state index contributed by atoms with van der Waals surface area (Å²) in [4.78, 5) is 42.3. The number of fused-ring (bicyclic) bond motifs is 1. The van der Waals surface area contributed by atoms with E-state index >= 15 is 0 Å². The third-order valence-electron chi connectivity index (χ3n) is 7.39. The number of benzene rings is 2. The Morgan fingerprint density at radius 3 is 2.32 bits per heavy atom. The van der Waals surface area contributed by atoms with Gasteiger partial charge in [0.1, 0.15) is 12.2 Å². The van der Waals surface area contributed by atoms with Crippen molar-refractivity contribution in [1.82, 2.24) is 4.90 Å². The molecular weight excluding hydrogens is 571 g/mol. The smallest absolute Gasteiger partial charge is 0.306 e. The summed E-state index contributed by atoms with van der Waals surface area (Å²) in [5, 5.41) is 10.0. The van der Waals surface area contributed by atoms with Crippen LogP contribution in [0.2, 0.25) is 10.0 Å². The fourth-order valence-electron chi connectivity index (χ4n) is 5.35. The number of methoxy groups -OCH3 is 2. The highest BCUT2D eigenvalue weighted by molar-refractivity contribution is 6.33. The van der Waals surface area contributed by atoms with Gasteiger partial charge < -0.3 is 29.1 Å². The van der Waals surface area contributed by atoms with Crippen LogP contribution in [0.1, 0.15) is 57.3 Å². The number of carbonyl (C=O) groups is 3. The molecule has 222 valence electrons. The van der Waals surface area contributed by atoms with Crippen molar-refractivity contribution >= 4 is 46.7 Å². The molecule has 0 radical (unpaired) electrons. The van der Waals surface area contributed by atoms with Crippen molar-refractivity contribution in [2.75, 3.05) is 38.8 Å². The van der Waals surface area contributed by atoms with E-state index in [4.69, 9.17) is 37.4 Å². The summed E-state index contributed by atoms with van der Waals surface area (Å²) >= 11 is 13.3. The highest BCUT2D eigenvalue weighted by atomic mass is 35.5. The zero-order valence-electron chi connectivity index (χ0n) is 23.9. The van der Waals surface area contributed by atoms with Crippen molar-refractivity contribution in [1.29, 1.82) is 0 Å². The number of anilines is 1. The molecule has 4 rings (SSSR count). The van der Waals surface area contributed by atoms with Gasteiger partial charge in [-0.1, -0.05) is 50.0 Å². The molecule has 11 heteroatoms. The molecule has 0 aliphatic carbocycles. The predicted octanol–water partition coefficient (Wildman–Crippen LogP) is 5.59. The van der Waals surface area contributed by atoms with Gasteiger partial charge in [-0.15, -0.1) is 0 Å². The quantitative estimate of drug-likeness (QED) is 0.438. The Bertz CT molecular complexity index is 1320. The highest BCUT2D eigenvalue weighted by Crippen LogP contribution is 2.47. The van der Waals surface area contributed by atoms with Crippen LogP contribution in [0.25, 0.3) is 0 Å². The van der Waals surface area contributed by atoms with Gasteiger partial charge >= 0.3 is 5.97 Å². The number of likely N-dealkylation sites (tertiary alicyclic amines) is 1. The monoisotopic (exact) mass is 606 g/mol. The van der Waals surface area contributed by atoms with Gasteiger partial charge in [-0.05, 0) is 42.5 Å². The van der Waals surface area contributed by atoms with Crippen molar-refractivity contribution in [2.24, 2.45) is 11.3 Å². The molecule has 0 unspecified atom stereocenters. The molecule has 9 nitrogen and oxygen atoms in total. The molecule has 2 atom stereocenters. The summed E-state index contributed by atoms with van der Waals surface area (Å²) < 4.78 is 17.5. The molecule has 0 spiro atoms. The molecule has 2 heterocycles. The number of aliphatic carboxylic acids is 1. The van der Waals surface area contributed by atoms with Crippen LogP contribution in [0.15, 0.2) is 30.3 Å². The molecule has 0 saturated carbocycles. The van der Waals surface area contributed by atoms with Gasteiger partial charge in [-0.2, -0.15) is 0 Å². The molecule has 1 N–H and O–H groups in total. The lowest BCUT2D eigenvalue weighted by Gasteiger charge is -2.33. The normalized spacial score (nSPS) is 19.9. The van der Waals surface area contributed by atoms with Crippen LogP contribution >= 0.6 is 23.2 Å². The number of ether oxygens (including phenoxy) is 3.